The zero-order chi connectivity index (χ0) is 29.0. The van der Waals surface area contributed by atoms with E-state index >= 15 is 0 Å². The maximum absolute atomic E-state index is 10.5. The Bertz CT molecular complexity index is 1280. The number of benzene rings is 2. The van der Waals surface area contributed by atoms with Gasteiger partial charge in [-0.2, -0.15) is 0 Å². The Hall–Kier alpha value is -1.26. The largest absolute Gasteiger partial charge is 0.508 e. The van der Waals surface area contributed by atoms with Crippen molar-refractivity contribution in [1.29, 1.82) is 0 Å². The van der Waals surface area contributed by atoms with Gasteiger partial charge in [0.2, 0.25) is 0 Å². The number of phenols is 1. The summed E-state index contributed by atoms with van der Waals surface area (Å²) in [6.45, 7) is 22.1. The van der Waals surface area contributed by atoms with Crippen LogP contribution in [0.4, 0.5) is 0 Å². The molecule has 1 unspecified atom stereocenters. The third kappa shape index (κ3) is 4.64. The van der Waals surface area contributed by atoms with E-state index in [1.807, 2.05) is 88.3 Å². The van der Waals surface area contributed by atoms with E-state index in [4.69, 9.17) is 39.5 Å². The van der Waals surface area contributed by atoms with Gasteiger partial charge in [0.05, 0.1) is 38.6 Å². The van der Waals surface area contributed by atoms with Gasteiger partial charge < -0.3 is 33.0 Å². The molecule has 1 N–H and O–H groups in total. The summed E-state index contributed by atoms with van der Waals surface area (Å²) < 4.78 is 38.1. The number of hydrogen-bond acceptors (Lipinski definition) is 7. The quantitative estimate of drug-likeness (QED) is 0.514. The Balaban J connectivity index is 1.49. The van der Waals surface area contributed by atoms with Gasteiger partial charge in [-0.3, -0.25) is 0 Å². The highest BCUT2D eigenvalue weighted by Crippen LogP contribution is 2.46. The molecular formula is C28H40B3ClO7. The van der Waals surface area contributed by atoms with Gasteiger partial charge in [-0.25, -0.2) is 0 Å². The molecule has 0 aromatic heterocycles. The van der Waals surface area contributed by atoms with Crippen LogP contribution in [0.5, 0.6) is 5.75 Å². The molecule has 39 heavy (non-hydrogen) atoms. The van der Waals surface area contributed by atoms with Crippen LogP contribution >= 0.6 is 11.6 Å². The molecule has 2 aromatic rings. The van der Waals surface area contributed by atoms with E-state index in [0.29, 0.717) is 16.9 Å². The van der Waals surface area contributed by atoms with E-state index in [1.54, 1.807) is 12.1 Å². The molecule has 0 spiro atoms. The highest BCUT2D eigenvalue weighted by atomic mass is 35.5. The lowest BCUT2D eigenvalue weighted by molar-refractivity contribution is -0.00873. The van der Waals surface area contributed by atoms with Crippen molar-refractivity contribution in [3.05, 3.63) is 34.9 Å². The van der Waals surface area contributed by atoms with Crippen LogP contribution in [0.25, 0.3) is 10.8 Å². The second-order valence-corrected chi connectivity index (χ2v) is 14.3. The summed E-state index contributed by atoms with van der Waals surface area (Å²) in [6, 6.07) is 7.32. The number of aromatic hydroxyl groups is 1. The van der Waals surface area contributed by atoms with Gasteiger partial charge in [0.25, 0.3) is 0 Å². The zero-order valence-corrected chi connectivity index (χ0v) is 25.8. The first-order valence-corrected chi connectivity index (χ1v) is 14.1. The second kappa shape index (κ2) is 8.87. The summed E-state index contributed by atoms with van der Waals surface area (Å²) in [7, 11) is -2.02. The van der Waals surface area contributed by atoms with E-state index in [1.165, 1.54) is 0 Å². The number of halogens is 1. The third-order valence-corrected chi connectivity index (χ3v) is 10.2. The van der Waals surface area contributed by atoms with Gasteiger partial charge in [-0.1, -0.05) is 23.7 Å². The van der Waals surface area contributed by atoms with Crippen LogP contribution in [-0.2, 0) is 34.3 Å². The zero-order valence-electron chi connectivity index (χ0n) is 25.0. The Labute approximate surface area is 238 Å². The molecule has 0 bridgehead atoms. The molecule has 0 radical (unpaired) electrons. The molecule has 3 fully saturated rings. The Morgan fingerprint density at radius 2 is 1.15 bits per heavy atom. The maximum Gasteiger partial charge on any atom is 0.495 e. The topological polar surface area (TPSA) is 75.6 Å². The average molecular weight is 557 g/mol. The Morgan fingerprint density at radius 1 is 0.667 bits per heavy atom. The van der Waals surface area contributed by atoms with E-state index in [2.05, 4.69) is 0 Å². The molecule has 0 amide bonds. The minimum absolute atomic E-state index is 0.127. The number of rotatable bonds is 4. The SMILES string of the molecule is CC1(C)OB(B2OC(C)(C)C(C)(Cc3ccc4cc(O)cc(B5OC(C)(C)C(C)(C)O5)c4c3Cl)O2)OC1(C)C. The van der Waals surface area contributed by atoms with Crippen LogP contribution in [-0.4, -0.2) is 59.8 Å². The maximum atomic E-state index is 10.5. The number of phenolic OH excluding ortho intramolecular Hbond substituents is 1. The molecule has 3 saturated heterocycles. The molecule has 3 aliphatic heterocycles. The molecule has 3 heterocycles. The van der Waals surface area contributed by atoms with Crippen molar-refractivity contribution >= 4 is 49.0 Å². The summed E-state index contributed by atoms with van der Waals surface area (Å²) in [5.41, 5.74) is -1.87. The fourth-order valence-electron chi connectivity index (χ4n) is 5.34. The molecule has 1 atom stereocenters. The standard InChI is InChI=1S/C28H40B3ClO7/c1-23(2)24(3,4)35-29(34-23)20-15-19(33)14-17-12-13-18(22(32)21(17)20)16-28(11)27(9,10)38-31(39-28)30-36-25(5,6)26(7,8)37-30/h12-15,33H,16H2,1-11H3. The van der Waals surface area contributed by atoms with Crippen molar-refractivity contribution in [2.75, 3.05) is 0 Å². The van der Waals surface area contributed by atoms with Crippen LogP contribution in [0.1, 0.15) is 81.7 Å². The molecular weight excluding hydrogens is 516 g/mol. The summed E-state index contributed by atoms with van der Waals surface area (Å²) in [6.07, 6.45) is 0.481. The Kier molecular flexibility index (Phi) is 6.65. The van der Waals surface area contributed by atoms with E-state index in [0.717, 1.165) is 16.3 Å². The summed E-state index contributed by atoms with van der Waals surface area (Å²) >= 11 is 7.15. The lowest BCUT2D eigenvalue weighted by Gasteiger charge is -2.37. The lowest BCUT2D eigenvalue weighted by Crippen LogP contribution is -2.46. The van der Waals surface area contributed by atoms with Crippen LogP contribution in [0, 0.1) is 0 Å². The van der Waals surface area contributed by atoms with Crippen LogP contribution in [0.2, 0.25) is 5.02 Å². The number of hydrogen-bond donors (Lipinski definition) is 1. The fraction of sp³-hybridized carbons (Fsp3) is 0.643. The minimum atomic E-state index is -0.736. The summed E-state index contributed by atoms with van der Waals surface area (Å²) in [5, 5.41) is 12.7. The predicted octanol–water partition coefficient (Wildman–Crippen LogP) is 5.28. The van der Waals surface area contributed by atoms with E-state index in [9.17, 15) is 5.11 Å². The molecule has 5 rings (SSSR count). The Morgan fingerprint density at radius 3 is 1.72 bits per heavy atom. The molecule has 2 aromatic carbocycles. The highest BCUT2D eigenvalue weighted by molar-refractivity contribution is 7.11. The smallest absolute Gasteiger partial charge is 0.495 e. The van der Waals surface area contributed by atoms with E-state index in [-0.39, 0.29) is 5.75 Å². The first-order chi connectivity index (χ1) is 17.7. The van der Waals surface area contributed by atoms with Gasteiger partial charge in [-0.15, -0.1) is 0 Å². The highest BCUT2D eigenvalue weighted by Gasteiger charge is 2.65. The van der Waals surface area contributed by atoms with Crippen molar-refractivity contribution in [1.82, 2.24) is 0 Å². The third-order valence-electron chi connectivity index (χ3n) is 9.74. The van der Waals surface area contributed by atoms with Crippen LogP contribution < -0.4 is 5.46 Å². The van der Waals surface area contributed by atoms with Crippen molar-refractivity contribution < 1.29 is 33.0 Å². The van der Waals surface area contributed by atoms with Crippen molar-refractivity contribution in [2.24, 2.45) is 0 Å². The van der Waals surface area contributed by atoms with Crippen molar-refractivity contribution in [2.45, 2.75) is 116 Å². The van der Waals surface area contributed by atoms with Gasteiger partial charge in [0.1, 0.15) is 5.75 Å². The molecule has 0 aliphatic carbocycles. The minimum Gasteiger partial charge on any atom is -0.508 e. The molecule has 11 heteroatoms. The first kappa shape index (κ1) is 29.2. The van der Waals surface area contributed by atoms with Crippen molar-refractivity contribution in [3.63, 3.8) is 0 Å². The number of fused-ring (bicyclic) bond motifs is 1. The molecule has 3 aliphatic rings. The fourth-order valence-corrected chi connectivity index (χ4v) is 5.69. The summed E-state index contributed by atoms with van der Waals surface area (Å²) in [4.78, 5) is 0. The van der Waals surface area contributed by atoms with Gasteiger partial charge >= 0.3 is 21.1 Å². The molecule has 210 valence electrons. The average Bonchev–Trinajstić information content (AvgIpc) is 3.25. The molecule has 0 saturated carbocycles. The van der Waals surface area contributed by atoms with Gasteiger partial charge in [0, 0.05) is 11.8 Å². The normalized spacial score (nSPS) is 28.6. The summed E-state index contributed by atoms with van der Waals surface area (Å²) in [5.74, 6) is 0.127. The van der Waals surface area contributed by atoms with Gasteiger partial charge in [-0.05, 0) is 105 Å². The molecule has 7 nitrogen and oxygen atoms in total. The van der Waals surface area contributed by atoms with E-state index < -0.39 is 54.7 Å². The second-order valence-electron chi connectivity index (χ2n) is 13.9. The van der Waals surface area contributed by atoms with Crippen molar-refractivity contribution in [3.8, 4) is 5.75 Å². The monoisotopic (exact) mass is 556 g/mol. The van der Waals surface area contributed by atoms with Crippen LogP contribution in [0.15, 0.2) is 24.3 Å². The predicted molar refractivity (Wildman–Crippen MR) is 157 cm³/mol. The van der Waals surface area contributed by atoms with Crippen LogP contribution in [0.3, 0.4) is 0 Å². The lowest BCUT2D eigenvalue weighted by atomic mass is 9.49. The first-order valence-electron chi connectivity index (χ1n) is 13.7. The van der Waals surface area contributed by atoms with Gasteiger partial charge in [0.15, 0.2) is 0 Å².